The Labute approximate surface area is 193 Å². The zero-order chi connectivity index (χ0) is 23.0. The predicted molar refractivity (Wildman–Crippen MR) is 120 cm³/mol. The zero-order valence-corrected chi connectivity index (χ0v) is 19.4. The monoisotopic (exact) mass is 492 g/mol. The molecule has 33 heavy (non-hydrogen) atoms. The third-order valence-corrected chi connectivity index (χ3v) is 9.11. The van der Waals surface area contributed by atoms with Gasteiger partial charge in [-0.3, -0.25) is 4.40 Å². The summed E-state index contributed by atoms with van der Waals surface area (Å²) in [5.74, 6) is 0.293. The molecule has 2 fully saturated rings. The van der Waals surface area contributed by atoms with Crippen molar-refractivity contribution in [1.82, 2.24) is 29.6 Å². The molecule has 2 N–H and O–H groups in total. The van der Waals surface area contributed by atoms with E-state index in [1.807, 2.05) is 6.92 Å². The summed E-state index contributed by atoms with van der Waals surface area (Å²) < 4.78 is 57.1. The molecule has 3 aromatic heterocycles. The van der Waals surface area contributed by atoms with Crippen molar-refractivity contribution in [2.75, 3.05) is 6.54 Å². The minimum absolute atomic E-state index is 0.00651. The standard InChI is InChI=1S/C21H22F2N6O2S2/c1-20(3-4-20)28-33(30,31)13-8-14(12-2-7-25-21(9-12)5-6-21)15-10-24-17(29(15)11-13)19-27-26-18(32-19)16(22)23/h8-11,16,25,28H,2-7H2,1H3. The van der Waals surface area contributed by atoms with E-state index in [1.165, 1.54) is 6.20 Å². The highest BCUT2D eigenvalue weighted by Crippen LogP contribution is 2.43. The van der Waals surface area contributed by atoms with E-state index in [9.17, 15) is 17.2 Å². The molecule has 0 saturated heterocycles. The Kier molecular flexibility index (Phi) is 4.58. The molecule has 0 aromatic carbocycles. The van der Waals surface area contributed by atoms with Crippen molar-refractivity contribution in [3.63, 3.8) is 0 Å². The average molecular weight is 493 g/mol. The summed E-state index contributed by atoms with van der Waals surface area (Å²) in [5.41, 5.74) is 2.11. The quantitative estimate of drug-likeness (QED) is 0.546. The summed E-state index contributed by atoms with van der Waals surface area (Å²) in [7, 11) is -3.80. The number of imidazole rings is 1. The summed E-state index contributed by atoms with van der Waals surface area (Å²) in [6, 6.07) is 1.70. The highest BCUT2D eigenvalue weighted by Gasteiger charge is 2.43. The van der Waals surface area contributed by atoms with Gasteiger partial charge in [0.05, 0.1) is 16.6 Å². The first-order valence-electron chi connectivity index (χ1n) is 10.8. The van der Waals surface area contributed by atoms with Crippen LogP contribution in [0.1, 0.15) is 56.0 Å². The second-order valence-electron chi connectivity index (χ2n) is 9.34. The van der Waals surface area contributed by atoms with Crippen molar-refractivity contribution in [3.05, 3.63) is 35.1 Å². The number of alkyl halides is 2. The maximum Gasteiger partial charge on any atom is 0.291 e. The number of fused-ring (bicyclic) bond motifs is 1. The van der Waals surface area contributed by atoms with Crippen LogP contribution >= 0.6 is 11.3 Å². The Bertz CT molecular complexity index is 1400. The van der Waals surface area contributed by atoms with Crippen LogP contribution in [0.5, 0.6) is 0 Å². The molecule has 12 heteroatoms. The number of nitrogens with one attached hydrogen (secondary N) is 2. The molecule has 174 valence electrons. The Balaban J connectivity index is 1.54. The van der Waals surface area contributed by atoms with Crippen molar-refractivity contribution >= 4 is 32.4 Å². The molecule has 0 amide bonds. The lowest BCUT2D eigenvalue weighted by molar-refractivity contribution is 0.150. The number of hydrogen-bond acceptors (Lipinski definition) is 7. The molecule has 0 unspecified atom stereocenters. The lowest BCUT2D eigenvalue weighted by atomic mass is 9.96. The number of sulfonamides is 1. The number of aromatic nitrogens is 4. The van der Waals surface area contributed by atoms with Gasteiger partial charge in [0.1, 0.15) is 0 Å². The van der Waals surface area contributed by atoms with Crippen molar-refractivity contribution in [2.45, 2.75) is 61.4 Å². The lowest BCUT2D eigenvalue weighted by Gasteiger charge is -2.23. The fourth-order valence-electron chi connectivity index (χ4n) is 4.29. The van der Waals surface area contributed by atoms with E-state index in [2.05, 4.69) is 31.3 Å². The molecule has 8 nitrogen and oxygen atoms in total. The molecule has 0 radical (unpaired) electrons. The second-order valence-corrected chi connectivity index (χ2v) is 12.0. The normalized spacial score (nSPS) is 21.0. The van der Waals surface area contributed by atoms with Gasteiger partial charge in [-0.15, -0.1) is 10.2 Å². The summed E-state index contributed by atoms with van der Waals surface area (Å²) in [4.78, 5) is 4.54. The average Bonchev–Trinajstić information content (AvgIpc) is 3.53. The number of rotatable bonds is 6. The first-order valence-corrected chi connectivity index (χ1v) is 13.1. The highest BCUT2D eigenvalue weighted by atomic mass is 32.2. The molecule has 2 saturated carbocycles. The zero-order valence-electron chi connectivity index (χ0n) is 17.8. The molecular weight excluding hydrogens is 470 g/mol. The summed E-state index contributed by atoms with van der Waals surface area (Å²) in [5, 5.41) is 10.8. The summed E-state index contributed by atoms with van der Waals surface area (Å²) in [6.45, 7) is 2.69. The summed E-state index contributed by atoms with van der Waals surface area (Å²) >= 11 is 0.753. The largest absolute Gasteiger partial charge is 0.308 e. The van der Waals surface area contributed by atoms with Crippen molar-refractivity contribution < 1.29 is 17.2 Å². The molecular formula is C21H22F2N6O2S2. The molecule has 0 atom stereocenters. The molecule has 3 aliphatic rings. The summed E-state index contributed by atoms with van der Waals surface area (Å²) in [6.07, 6.45) is 7.04. The van der Waals surface area contributed by atoms with Crippen LogP contribution in [0.3, 0.4) is 0 Å². The van der Waals surface area contributed by atoms with Crippen LogP contribution < -0.4 is 10.0 Å². The third kappa shape index (κ3) is 3.78. The maximum absolute atomic E-state index is 13.3. The Hall–Kier alpha value is -2.28. The molecule has 4 heterocycles. The van der Waals surface area contributed by atoms with Crippen molar-refractivity contribution in [3.8, 4) is 10.8 Å². The van der Waals surface area contributed by atoms with Gasteiger partial charge in [0.2, 0.25) is 10.0 Å². The number of hydrogen-bond donors (Lipinski definition) is 2. The van der Waals surface area contributed by atoms with Gasteiger partial charge in [-0.25, -0.2) is 26.9 Å². The van der Waals surface area contributed by atoms with Gasteiger partial charge >= 0.3 is 0 Å². The fourth-order valence-corrected chi connectivity index (χ4v) is 6.47. The van der Waals surface area contributed by atoms with Gasteiger partial charge in [0, 0.05) is 22.8 Å². The van der Waals surface area contributed by atoms with Crippen molar-refractivity contribution in [2.24, 2.45) is 0 Å². The van der Waals surface area contributed by atoms with Crippen LogP contribution in [0.15, 0.2) is 29.4 Å². The predicted octanol–water partition coefficient (Wildman–Crippen LogP) is 3.53. The van der Waals surface area contributed by atoms with Crippen LogP contribution in [-0.4, -0.2) is 45.6 Å². The van der Waals surface area contributed by atoms with E-state index >= 15 is 0 Å². The van der Waals surface area contributed by atoms with Gasteiger partial charge < -0.3 is 5.32 Å². The Morgan fingerprint density at radius 3 is 2.70 bits per heavy atom. The topological polar surface area (TPSA) is 101 Å². The van der Waals surface area contributed by atoms with E-state index in [-0.39, 0.29) is 15.4 Å². The van der Waals surface area contributed by atoms with Gasteiger partial charge in [0.25, 0.3) is 6.43 Å². The molecule has 1 spiro atoms. The number of pyridine rings is 1. The number of halogens is 2. The first-order chi connectivity index (χ1) is 15.7. The van der Waals surface area contributed by atoms with Gasteiger partial charge in [-0.05, 0) is 57.2 Å². The highest BCUT2D eigenvalue weighted by molar-refractivity contribution is 7.89. The lowest BCUT2D eigenvalue weighted by Crippen LogP contribution is -2.35. The van der Waals surface area contributed by atoms with Crippen LogP contribution in [0.25, 0.3) is 21.9 Å². The maximum atomic E-state index is 13.3. The smallest absolute Gasteiger partial charge is 0.291 e. The number of nitrogens with zero attached hydrogens (tertiary/aromatic N) is 4. The van der Waals surface area contributed by atoms with E-state index in [1.54, 1.807) is 16.7 Å². The van der Waals surface area contributed by atoms with Crippen LogP contribution in [0.4, 0.5) is 8.78 Å². The van der Waals surface area contributed by atoms with E-state index < -0.39 is 27.0 Å². The van der Waals surface area contributed by atoms with Gasteiger partial charge in [-0.2, -0.15) is 0 Å². The fraction of sp³-hybridized carbons (Fsp3) is 0.476. The SMILES string of the molecule is CC1(NS(=O)(=O)c2cc(C3=CC4(CC4)NCC3)c3cnc(-c4nnc(C(F)F)s4)n3c2)CC1. The second kappa shape index (κ2) is 7.11. The minimum atomic E-state index is -3.80. The first kappa shape index (κ1) is 21.3. The van der Waals surface area contributed by atoms with Gasteiger partial charge in [0.15, 0.2) is 15.8 Å². The molecule has 6 rings (SSSR count). The molecule has 2 aliphatic carbocycles. The molecule has 3 aromatic rings. The van der Waals surface area contributed by atoms with E-state index in [0.717, 1.165) is 61.1 Å². The molecule has 0 bridgehead atoms. The Morgan fingerprint density at radius 2 is 2.03 bits per heavy atom. The molecule has 1 aliphatic heterocycles. The van der Waals surface area contributed by atoms with E-state index in [4.69, 9.17) is 0 Å². The van der Waals surface area contributed by atoms with Crippen molar-refractivity contribution in [1.29, 1.82) is 0 Å². The van der Waals surface area contributed by atoms with Crippen LogP contribution in [0.2, 0.25) is 0 Å². The van der Waals surface area contributed by atoms with Crippen LogP contribution in [-0.2, 0) is 10.0 Å². The van der Waals surface area contributed by atoms with E-state index in [0.29, 0.717) is 11.3 Å². The van der Waals surface area contributed by atoms with Gasteiger partial charge in [-0.1, -0.05) is 17.4 Å². The van der Waals surface area contributed by atoms with Crippen LogP contribution in [0, 0.1) is 0 Å². The Morgan fingerprint density at radius 1 is 1.24 bits per heavy atom. The minimum Gasteiger partial charge on any atom is -0.308 e. The third-order valence-electron chi connectivity index (χ3n) is 6.58.